The molecule has 6 heteroatoms. The first kappa shape index (κ1) is 14.8. The molecule has 0 aliphatic heterocycles. The van der Waals surface area contributed by atoms with Crippen LogP contribution < -0.4 is 0 Å². The molecule has 1 aromatic rings. The molecule has 0 bridgehead atoms. The van der Waals surface area contributed by atoms with Gasteiger partial charge >= 0.3 is 6.84 Å². The van der Waals surface area contributed by atoms with Crippen LogP contribution in [0.4, 0.5) is 8.63 Å². The maximum atomic E-state index is 14.6. The zero-order chi connectivity index (χ0) is 17.7. The van der Waals surface area contributed by atoms with Crippen molar-refractivity contribution in [3.05, 3.63) is 54.5 Å². The molecule has 1 rings (SSSR count). The lowest BCUT2D eigenvalue weighted by Crippen LogP contribution is -2.41. The average Bonchev–Trinajstić information content (AvgIpc) is 2.43. The van der Waals surface area contributed by atoms with Crippen molar-refractivity contribution in [2.24, 2.45) is 0 Å². The SMILES string of the molecule is [2H]C([2H])(CC=C)/[N+](=C/C(C)(Cl)Cl)[B-](F)(F)/C=C/c1ccccc1. The Balaban J connectivity index is 3.26. The quantitative estimate of drug-likeness (QED) is 0.287. The average molecular weight is 334 g/mol. The molecule has 1 nitrogen and oxygen atoms in total. The number of hydrogen-bond acceptors (Lipinski definition) is 0. The summed E-state index contributed by atoms with van der Waals surface area (Å²) in [4.78, 5) is 0. The largest absolute Gasteiger partial charge is 0.631 e. The molecule has 1 aromatic carbocycles. The highest BCUT2D eigenvalue weighted by Gasteiger charge is 2.38. The summed E-state index contributed by atoms with van der Waals surface area (Å²) >= 11 is 11.6. The summed E-state index contributed by atoms with van der Waals surface area (Å²) in [5, 5.41) is 0. The van der Waals surface area contributed by atoms with Crippen LogP contribution in [0.15, 0.2) is 49.0 Å². The topological polar surface area (TPSA) is 3.01 Å². The van der Waals surface area contributed by atoms with Gasteiger partial charge in [-0.25, -0.2) is 0 Å². The second-order valence-corrected chi connectivity index (χ2v) is 6.36. The van der Waals surface area contributed by atoms with Crippen LogP contribution in [0.25, 0.3) is 6.08 Å². The van der Waals surface area contributed by atoms with E-state index in [1.54, 1.807) is 30.3 Å². The molecule has 0 atom stereocenters. The van der Waals surface area contributed by atoms with E-state index in [1.165, 1.54) is 19.1 Å². The van der Waals surface area contributed by atoms with E-state index in [1.807, 2.05) is 0 Å². The van der Waals surface area contributed by atoms with Gasteiger partial charge in [0, 0.05) is 6.42 Å². The fraction of sp³-hybridized carbons (Fsp3) is 0.267. The number of rotatable bonds is 7. The Morgan fingerprint density at radius 3 is 2.52 bits per heavy atom. The van der Waals surface area contributed by atoms with Crippen molar-refractivity contribution in [3.8, 4) is 0 Å². The van der Waals surface area contributed by atoms with Crippen LogP contribution in [0, 0.1) is 0 Å². The molecule has 0 saturated carbocycles. The van der Waals surface area contributed by atoms with E-state index in [0.717, 1.165) is 6.21 Å². The van der Waals surface area contributed by atoms with Gasteiger partial charge in [-0.2, -0.15) is 0 Å². The fourth-order valence-corrected chi connectivity index (χ4v) is 1.77. The lowest BCUT2D eigenvalue weighted by Gasteiger charge is -2.21. The van der Waals surface area contributed by atoms with Crippen LogP contribution in [-0.4, -0.2) is 28.4 Å². The van der Waals surface area contributed by atoms with Gasteiger partial charge in [0.25, 0.3) is 0 Å². The molecular formula is C15H18BCl2F2N. The molecule has 21 heavy (non-hydrogen) atoms. The van der Waals surface area contributed by atoms with Crippen LogP contribution in [0.1, 0.15) is 21.6 Å². The summed E-state index contributed by atoms with van der Waals surface area (Å²) in [6.07, 6.45) is 2.97. The molecule has 0 unspecified atom stereocenters. The zero-order valence-electron chi connectivity index (χ0n) is 13.6. The van der Waals surface area contributed by atoms with Gasteiger partial charge in [0.05, 0.1) is 2.74 Å². The first-order valence-electron chi connectivity index (χ1n) is 7.38. The van der Waals surface area contributed by atoms with E-state index in [9.17, 15) is 8.63 Å². The Bertz CT molecular complexity index is 599. The van der Waals surface area contributed by atoms with Gasteiger partial charge in [-0.05, 0) is 12.5 Å². The molecule has 0 aliphatic rings. The molecule has 0 aromatic heterocycles. The van der Waals surface area contributed by atoms with Crippen LogP contribution in [0.3, 0.4) is 0 Å². The second kappa shape index (κ2) is 7.76. The van der Waals surface area contributed by atoms with E-state index >= 15 is 0 Å². The van der Waals surface area contributed by atoms with Crippen molar-refractivity contribution in [2.45, 2.75) is 17.7 Å². The minimum Gasteiger partial charge on any atom is -0.409 e. The van der Waals surface area contributed by atoms with E-state index < -0.39 is 17.7 Å². The number of nitrogens with zero attached hydrogens (tertiary/aromatic N) is 1. The Labute approximate surface area is 137 Å². The lowest BCUT2D eigenvalue weighted by atomic mass is 9.77. The van der Waals surface area contributed by atoms with Gasteiger partial charge in [0.2, 0.25) is 0 Å². The Kier molecular flexibility index (Phi) is 5.47. The zero-order valence-corrected chi connectivity index (χ0v) is 13.2. The molecule has 0 radical (unpaired) electrons. The highest BCUT2D eigenvalue weighted by atomic mass is 35.5. The molecule has 0 N–H and O–H groups in total. The molecule has 0 aliphatic carbocycles. The predicted octanol–water partition coefficient (Wildman–Crippen LogP) is 4.97. The Hall–Kier alpha value is -1.13. The molecule has 0 amide bonds. The van der Waals surface area contributed by atoms with Crippen molar-refractivity contribution >= 4 is 42.3 Å². The van der Waals surface area contributed by atoms with Crippen molar-refractivity contribution in [1.29, 1.82) is 0 Å². The van der Waals surface area contributed by atoms with Crippen molar-refractivity contribution in [3.63, 3.8) is 0 Å². The smallest absolute Gasteiger partial charge is 0.409 e. The van der Waals surface area contributed by atoms with Gasteiger partial charge in [-0.1, -0.05) is 71.7 Å². The van der Waals surface area contributed by atoms with Gasteiger partial charge in [0.15, 0.2) is 4.33 Å². The minimum absolute atomic E-state index is 0.286. The fourth-order valence-electron chi connectivity index (χ4n) is 1.56. The predicted molar refractivity (Wildman–Crippen MR) is 89.6 cm³/mol. The number of hydrogen-bond donors (Lipinski definition) is 0. The van der Waals surface area contributed by atoms with Gasteiger partial charge in [-0.3, -0.25) is 0 Å². The first-order valence-corrected chi connectivity index (χ1v) is 7.14. The summed E-state index contributed by atoms with van der Waals surface area (Å²) in [6, 6.07) is 8.56. The second-order valence-electron chi connectivity index (χ2n) is 4.59. The van der Waals surface area contributed by atoms with Gasteiger partial charge < -0.3 is 13.1 Å². The van der Waals surface area contributed by atoms with Crippen LogP contribution >= 0.6 is 23.2 Å². The number of halogens is 4. The molecule has 0 saturated heterocycles. The maximum absolute atomic E-state index is 14.6. The Morgan fingerprint density at radius 2 is 2.00 bits per heavy atom. The van der Waals surface area contributed by atoms with Gasteiger partial charge in [-0.15, -0.1) is 6.58 Å². The van der Waals surface area contributed by atoms with Crippen LogP contribution in [0.5, 0.6) is 0 Å². The van der Waals surface area contributed by atoms with Crippen molar-refractivity contribution in [1.82, 2.24) is 0 Å². The standard InChI is InChI=1S/C15H18BCl2F2N/c1-3-4-12-21(13-15(2,17)18)16(19,20)11-10-14-8-6-5-7-9-14/h3,5-11,13H,1,4,12H2,2H3/b11-10+,21-13-/i12D2. The van der Waals surface area contributed by atoms with E-state index in [-0.39, 0.29) is 10.9 Å². The number of benzene rings is 1. The molecule has 0 fully saturated rings. The molecule has 0 heterocycles. The highest BCUT2D eigenvalue weighted by molar-refractivity contribution is 6.65. The van der Waals surface area contributed by atoms with Crippen LogP contribution in [0.2, 0.25) is 0 Å². The third-order valence-electron chi connectivity index (χ3n) is 2.47. The summed E-state index contributed by atoms with van der Waals surface area (Å²) in [6.45, 7) is -2.07. The van der Waals surface area contributed by atoms with Gasteiger partial charge in [0.1, 0.15) is 12.7 Å². The third kappa shape index (κ3) is 6.92. The van der Waals surface area contributed by atoms with E-state index in [2.05, 4.69) is 6.58 Å². The summed E-state index contributed by atoms with van der Waals surface area (Å²) < 4.78 is 43.6. The summed E-state index contributed by atoms with van der Waals surface area (Å²) in [5.41, 5.74) is 0.581. The summed E-state index contributed by atoms with van der Waals surface area (Å²) in [5.74, 6) is 0.673. The summed E-state index contributed by atoms with van der Waals surface area (Å²) in [7, 11) is 0. The molecule has 114 valence electrons. The maximum Gasteiger partial charge on any atom is 0.631 e. The van der Waals surface area contributed by atoms with E-state index in [0.29, 0.717) is 11.5 Å². The monoisotopic (exact) mass is 333 g/mol. The highest BCUT2D eigenvalue weighted by Crippen LogP contribution is 2.20. The van der Waals surface area contributed by atoms with Crippen molar-refractivity contribution < 1.29 is 15.9 Å². The molecular weight excluding hydrogens is 314 g/mol. The van der Waals surface area contributed by atoms with Crippen molar-refractivity contribution in [2.75, 3.05) is 6.50 Å². The van der Waals surface area contributed by atoms with E-state index in [4.69, 9.17) is 25.9 Å². The minimum atomic E-state index is -4.38. The Morgan fingerprint density at radius 1 is 1.38 bits per heavy atom. The third-order valence-corrected chi connectivity index (χ3v) is 2.67. The first-order chi connectivity index (χ1) is 10.5. The number of alkyl halides is 2. The molecule has 0 spiro atoms. The lowest BCUT2D eigenvalue weighted by molar-refractivity contribution is -0.414. The van der Waals surface area contributed by atoms with Crippen LogP contribution in [-0.2, 0) is 0 Å². The normalized spacial score (nSPS) is 15.8.